The maximum atomic E-state index is 8.98. The van der Waals surface area contributed by atoms with Crippen LogP contribution in [0.1, 0.15) is 36.9 Å². The van der Waals surface area contributed by atoms with Gasteiger partial charge in [-0.3, -0.25) is 0 Å². The van der Waals surface area contributed by atoms with Crippen LogP contribution in [0.15, 0.2) is 12.1 Å². The minimum Gasteiger partial charge on any atom is -0.359 e. The molecule has 1 aliphatic carbocycles. The van der Waals surface area contributed by atoms with Crippen molar-refractivity contribution < 1.29 is 0 Å². The fraction of sp³-hybridized carbons (Fsp3) is 0.571. The van der Waals surface area contributed by atoms with Gasteiger partial charge in [-0.25, -0.2) is 4.98 Å². The standard InChI is InChI=1S/C14H19N3/c1-11-7-8-14(16-13(11)9-15)17(2)10-12-5-3-4-6-12/h7-8,12H,3-6,10H2,1-2H3. The smallest absolute Gasteiger partial charge is 0.145 e. The number of nitriles is 1. The second-order valence-electron chi connectivity index (χ2n) is 4.98. The molecule has 0 saturated heterocycles. The summed E-state index contributed by atoms with van der Waals surface area (Å²) in [7, 11) is 2.07. The number of aryl methyl sites for hydroxylation is 1. The lowest BCUT2D eigenvalue weighted by atomic mass is 10.1. The van der Waals surface area contributed by atoms with E-state index in [4.69, 9.17) is 5.26 Å². The van der Waals surface area contributed by atoms with Crippen LogP contribution in [-0.2, 0) is 0 Å². The van der Waals surface area contributed by atoms with E-state index in [9.17, 15) is 0 Å². The van der Waals surface area contributed by atoms with Crippen molar-refractivity contribution >= 4 is 5.82 Å². The van der Waals surface area contributed by atoms with E-state index < -0.39 is 0 Å². The van der Waals surface area contributed by atoms with Gasteiger partial charge in [0.25, 0.3) is 0 Å². The molecule has 0 spiro atoms. The Morgan fingerprint density at radius 3 is 2.76 bits per heavy atom. The van der Waals surface area contributed by atoms with Crippen molar-refractivity contribution in [1.82, 2.24) is 4.98 Å². The molecule has 0 unspecified atom stereocenters. The lowest BCUT2D eigenvalue weighted by molar-refractivity contribution is 0.545. The third-order valence-corrected chi connectivity index (χ3v) is 3.59. The highest BCUT2D eigenvalue weighted by Gasteiger charge is 2.17. The largest absolute Gasteiger partial charge is 0.359 e. The molecule has 90 valence electrons. The average Bonchev–Trinajstić information content (AvgIpc) is 2.82. The molecule has 3 nitrogen and oxygen atoms in total. The van der Waals surface area contributed by atoms with Crippen LogP contribution in [0.4, 0.5) is 5.82 Å². The molecule has 0 aliphatic heterocycles. The third kappa shape index (κ3) is 2.76. The van der Waals surface area contributed by atoms with Gasteiger partial charge in [-0.1, -0.05) is 18.9 Å². The van der Waals surface area contributed by atoms with Gasteiger partial charge in [-0.2, -0.15) is 5.26 Å². The maximum absolute atomic E-state index is 8.98. The SMILES string of the molecule is Cc1ccc(N(C)CC2CCCC2)nc1C#N. The summed E-state index contributed by atoms with van der Waals surface area (Å²) in [6.07, 6.45) is 5.40. The first-order valence-electron chi connectivity index (χ1n) is 6.29. The van der Waals surface area contributed by atoms with Crippen LogP contribution in [0.3, 0.4) is 0 Å². The molecule has 1 aromatic rings. The van der Waals surface area contributed by atoms with Crippen molar-refractivity contribution in [3.63, 3.8) is 0 Å². The highest BCUT2D eigenvalue weighted by Crippen LogP contribution is 2.26. The minimum atomic E-state index is 0.542. The van der Waals surface area contributed by atoms with E-state index in [1.165, 1.54) is 25.7 Å². The molecule has 1 heterocycles. The second-order valence-corrected chi connectivity index (χ2v) is 4.98. The molecule has 0 atom stereocenters. The Bertz CT molecular complexity index is 428. The fourth-order valence-corrected chi connectivity index (χ4v) is 2.52. The Morgan fingerprint density at radius 1 is 1.41 bits per heavy atom. The van der Waals surface area contributed by atoms with E-state index in [1.807, 2.05) is 19.1 Å². The number of hydrogen-bond acceptors (Lipinski definition) is 3. The highest BCUT2D eigenvalue weighted by molar-refractivity contribution is 5.44. The molecule has 1 aromatic heterocycles. The van der Waals surface area contributed by atoms with E-state index >= 15 is 0 Å². The molecule has 1 saturated carbocycles. The molecule has 0 radical (unpaired) electrons. The summed E-state index contributed by atoms with van der Waals surface area (Å²) < 4.78 is 0. The lowest BCUT2D eigenvalue weighted by Gasteiger charge is -2.22. The van der Waals surface area contributed by atoms with E-state index in [2.05, 4.69) is 23.0 Å². The second kappa shape index (κ2) is 5.18. The van der Waals surface area contributed by atoms with E-state index in [0.717, 1.165) is 23.8 Å². The number of anilines is 1. The van der Waals surface area contributed by atoms with Crippen LogP contribution in [0, 0.1) is 24.2 Å². The summed E-state index contributed by atoms with van der Waals surface area (Å²) in [5, 5.41) is 8.98. The predicted molar refractivity (Wildman–Crippen MR) is 68.9 cm³/mol. The molecule has 1 aliphatic rings. The van der Waals surface area contributed by atoms with Gasteiger partial charge in [0.1, 0.15) is 17.6 Å². The van der Waals surface area contributed by atoms with E-state index in [0.29, 0.717) is 5.69 Å². The first-order valence-corrected chi connectivity index (χ1v) is 6.29. The summed E-state index contributed by atoms with van der Waals surface area (Å²) in [6, 6.07) is 6.13. The molecule has 0 bridgehead atoms. The van der Waals surface area contributed by atoms with Crippen LogP contribution >= 0.6 is 0 Å². The molecule has 17 heavy (non-hydrogen) atoms. The van der Waals surface area contributed by atoms with Crippen LogP contribution in [0.25, 0.3) is 0 Å². The normalized spacial score (nSPS) is 15.8. The third-order valence-electron chi connectivity index (χ3n) is 3.59. The van der Waals surface area contributed by atoms with Crippen molar-refractivity contribution in [3.8, 4) is 6.07 Å². The minimum absolute atomic E-state index is 0.542. The first-order chi connectivity index (χ1) is 8.20. The zero-order chi connectivity index (χ0) is 12.3. The van der Waals surface area contributed by atoms with Gasteiger partial charge in [0.15, 0.2) is 0 Å². The summed E-state index contributed by atoms with van der Waals surface area (Å²) in [4.78, 5) is 6.57. The summed E-state index contributed by atoms with van der Waals surface area (Å²) in [5.41, 5.74) is 1.49. The van der Waals surface area contributed by atoms with Crippen molar-refractivity contribution in [2.75, 3.05) is 18.5 Å². The molecular formula is C14H19N3. The van der Waals surface area contributed by atoms with Gasteiger partial charge in [0.05, 0.1) is 0 Å². The van der Waals surface area contributed by atoms with Gasteiger partial charge in [-0.05, 0) is 37.3 Å². The average molecular weight is 229 g/mol. The Balaban J connectivity index is 2.08. The summed E-state index contributed by atoms with van der Waals surface area (Å²) in [5.74, 6) is 1.72. The number of aromatic nitrogens is 1. The van der Waals surface area contributed by atoms with Crippen molar-refractivity contribution in [2.45, 2.75) is 32.6 Å². The molecule has 0 aromatic carbocycles. The number of nitrogens with zero attached hydrogens (tertiary/aromatic N) is 3. The molecule has 3 heteroatoms. The maximum Gasteiger partial charge on any atom is 0.145 e. The fourth-order valence-electron chi connectivity index (χ4n) is 2.52. The van der Waals surface area contributed by atoms with Gasteiger partial charge in [0, 0.05) is 13.6 Å². The topological polar surface area (TPSA) is 39.9 Å². The van der Waals surface area contributed by atoms with E-state index in [-0.39, 0.29) is 0 Å². The van der Waals surface area contributed by atoms with Crippen molar-refractivity contribution in [1.29, 1.82) is 5.26 Å². The summed E-state index contributed by atoms with van der Waals surface area (Å²) >= 11 is 0. The number of hydrogen-bond donors (Lipinski definition) is 0. The highest BCUT2D eigenvalue weighted by atomic mass is 15.2. The van der Waals surface area contributed by atoms with E-state index in [1.54, 1.807) is 0 Å². The quantitative estimate of drug-likeness (QED) is 0.800. The Hall–Kier alpha value is -1.56. The number of rotatable bonds is 3. The molecule has 2 rings (SSSR count). The van der Waals surface area contributed by atoms with Crippen molar-refractivity contribution in [2.24, 2.45) is 5.92 Å². The van der Waals surface area contributed by atoms with Crippen LogP contribution in [0.2, 0.25) is 0 Å². The van der Waals surface area contributed by atoms with Crippen LogP contribution in [0.5, 0.6) is 0 Å². The Labute approximate surface area is 103 Å². The van der Waals surface area contributed by atoms with Gasteiger partial charge in [0.2, 0.25) is 0 Å². The molecule has 1 fully saturated rings. The van der Waals surface area contributed by atoms with Crippen LogP contribution in [-0.4, -0.2) is 18.6 Å². The Kier molecular flexibility index (Phi) is 3.63. The monoisotopic (exact) mass is 229 g/mol. The van der Waals surface area contributed by atoms with Crippen LogP contribution < -0.4 is 4.90 Å². The molecule has 0 N–H and O–H groups in total. The first kappa shape index (κ1) is 11.9. The zero-order valence-corrected chi connectivity index (χ0v) is 10.6. The van der Waals surface area contributed by atoms with Gasteiger partial charge < -0.3 is 4.90 Å². The van der Waals surface area contributed by atoms with Gasteiger partial charge >= 0.3 is 0 Å². The number of pyridine rings is 1. The molecule has 0 amide bonds. The Morgan fingerprint density at radius 2 is 2.12 bits per heavy atom. The van der Waals surface area contributed by atoms with Crippen molar-refractivity contribution in [3.05, 3.63) is 23.4 Å². The predicted octanol–water partition coefficient (Wildman–Crippen LogP) is 2.89. The van der Waals surface area contributed by atoms with Gasteiger partial charge in [-0.15, -0.1) is 0 Å². The zero-order valence-electron chi connectivity index (χ0n) is 10.6. The summed E-state index contributed by atoms with van der Waals surface area (Å²) in [6.45, 7) is 2.98. The molecular weight excluding hydrogens is 210 g/mol. The lowest BCUT2D eigenvalue weighted by Crippen LogP contribution is -2.25.